The first-order valence-electron chi connectivity index (χ1n) is 7.51. The smallest absolute Gasteiger partial charge is 0.261 e. The highest BCUT2D eigenvalue weighted by Crippen LogP contribution is 2.23. The van der Waals surface area contributed by atoms with Crippen LogP contribution < -0.4 is 10.6 Å². The van der Waals surface area contributed by atoms with Crippen LogP contribution in [0, 0.1) is 0 Å². The molecule has 7 heteroatoms. The van der Waals surface area contributed by atoms with Crippen molar-refractivity contribution in [2.75, 3.05) is 17.2 Å². The lowest BCUT2D eigenvalue weighted by molar-refractivity contribution is 0.102. The van der Waals surface area contributed by atoms with Crippen LogP contribution in [-0.4, -0.2) is 32.4 Å². The molecule has 3 N–H and O–H groups in total. The van der Waals surface area contributed by atoms with Crippen molar-refractivity contribution in [3.05, 3.63) is 48.4 Å². The highest BCUT2D eigenvalue weighted by atomic mass is 16.1. The molecule has 2 aromatic heterocycles. The molecule has 116 valence electrons. The second-order valence-corrected chi connectivity index (χ2v) is 5.43. The third-order valence-electron chi connectivity index (χ3n) is 3.90. The van der Waals surface area contributed by atoms with E-state index in [1.807, 2.05) is 35.1 Å². The van der Waals surface area contributed by atoms with Crippen LogP contribution >= 0.6 is 0 Å². The number of carbonyl (C=O) groups excluding carboxylic acids is 1. The first-order valence-corrected chi connectivity index (χ1v) is 7.51. The SMILES string of the molecule is O=C(Nc1ccc(-c2cn[nH]c2)cc1)c1cnn2c1NCCC2. The summed E-state index contributed by atoms with van der Waals surface area (Å²) in [5.74, 6) is 0.639. The molecule has 1 aliphatic heterocycles. The third kappa shape index (κ3) is 2.57. The van der Waals surface area contributed by atoms with Gasteiger partial charge >= 0.3 is 0 Å². The highest BCUT2D eigenvalue weighted by Gasteiger charge is 2.19. The first-order chi connectivity index (χ1) is 11.3. The lowest BCUT2D eigenvalue weighted by Crippen LogP contribution is -2.20. The molecule has 0 spiro atoms. The number of aromatic nitrogens is 4. The highest BCUT2D eigenvalue weighted by molar-refractivity contribution is 6.07. The summed E-state index contributed by atoms with van der Waals surface area (Å²) in [5, 5.41) is 17.1. The van der Waals surface area contributed by atoms with Gasteiger partial charge in [-0.1, -0.05) is 12.1 Å². The molecule has 0 bridgehead atoms. The van der Waals surface area contributed by atoms with Crippen LogP contribution in [0.15, 0.2) is 42.9 Å². The summed E-state index contributed by atoms with van der Waals surface area (Å²) in [6.45, 7) is 1.71. The Labute approximate surface area is 132 Å². The molecule has 0 aliphatic carbocycles. The molecule has 0 unspecified atom stereocenters. The minimum absolute atomic E-state index is 0.156. The van der Waals surface area contributed by atoms with Crippen molar-refractivity contribution in [1.29, 1.82) is 0 Å². The van der Waals surface area contributed by atoms with Gasteiger partial charge in [-0.15, -0.1) is 0 Å². The van der Waals surface area contributed by atoms with Crippen LogP contribution in [0.5, 0.6) is 0 Å². The zero-order valence-electron chi connectivity index (χ0n) is 12.4. The van der Waals surface area contributed by atoms with Crippen molar-refractivity contribution in [1.82, 2.24) is 20.0 Å². The first kappa shape index (κ1) is 13.6. The maximum absolute atomic E-state index is 12.4. The summed E-state index contributed by atoms with van der Waals surface area (Å²) in [5.41, 5.74) is 3.38. The van der Waals surface area contributed by atoms with E-state index in [1.54, 1.807) is 12.4 Å². The van der Waals surface area contributed by atoms with E-state index in [0.717, 1.165) is 42.1 Å². The summed E-state index contributed by atoms with van der Waals surface area (Å²) in [7, 11) is 0. The summed E-state index contributed by atoms with van der Waals surface area (Å²) in [4.78, 5) is 12.4. The van der Waals surface area contributed by atoms with Crippen molar-refractivity contribution in [2.45, 2.75) is 13.0 Å². The number of nitrogens with zero attached hydrogens (tertiary/aromatic N) is 3. The number of aryl methyl sites for hydroxylation is 1. The van der Waals surface area contributed by atoms with Crippen LogP contribution in [0.2, 0.25) is 0 Å². The van der Waals surface area contributed by atoms with E-state index in [2.05, 4.69) is 25.9 Å². The zero-order valence-corrected chi connectivity index (χ0v) is 12.4. The van der Waals surface area contributed by atoms with Crippen LogP contribution in [0.1, 0.15) is 16.8 Å². The van der Waals surface area contributed by atoms with Gasteiger partial charge in [0.15, 0.2) is 0 Å². The van der Waals surface area contributed by atoms with Gasteiger partial charge in [-0.25, -0.2) is 4.68 Å². The molecular weight excluding hydrogens is 292 g/mol. The van der Waals surface area contributed by atoms with E-state index in [1.165, 1.54) is 0 Å². The van der Waals surface area contributed by atoms with Gasteiger partial charge in [0.1, 0.15) is 11.4 Å². The third-order valence-corrected chi connectivity index (χ3v) is 3.90. The molecule has 0 saturated carbocycles. The van der Waals surface area contributed by atoms with Crippen LogP contribution in [0.4, 0.5) is 11.5 Å². The van der Waals surface area contributed by atoms with E-state index in [0.29, 0.717) is 5.56 Å². The van der Waals surface area contributed by atoms with E-state index in [9.17, 15) is 4.79 Å². The fraction of sp³-hybridized carbons (Fsp3) is 0.188. The molecule has 3 heterocycles. The van der Waals surface area contributed by atoms with Crippen LogP contribution in [-0.2, 0) is 6.54 Å². The predicted octanol–water partition coefficient (Wildman–Crippen LogP) is 2.34. The quantitative estimate of drug-likeness (QED) is 0.693. The summed E-state index contributed by atoms with van der Waals surface area (Å²) < 4.78 is 1.83. The number of carbonyl (C=O) groups is 1. The van der Waals surface area contributed by atoms with Gasteiger partial charge in [-0.2, -0.15) is 10.2 Å². The van der Waals surface area contributed by atoms with Crippen molar-refractivity contribution >= 4 is 17.4 Å². The molecule has 1 aliphatic rings. The average molecular weight is 308 g/mol. The van der Waals surface area contributed by atoms with Crippen molar-refractivity contribution in [3.8, 4) is 11.1 Å². The maximum atomic E-state index is 12.4. The maximum Gasteiger partial charge on any atom is 0.261 e. The monoisotopic (exact) mass is 308 g/mol. The molecule has 7 nitrogen and oxygen atoms in total. The molecule has 0 saturated heterocycles. The summed E-state index contributed by atoms with van der Waals surface area (Å²) in [6.07, 6.45) is 6.23. The minimum Gasteiger partial charge on any atom is -0.370 e. The number of nitrogens with one attached hydrogen (secondary N) is 3. The van der Waals surface area contributed by atoms with Crippen molar-refractivity contribution in [2.24, 2.45) is 0 Å². The van der Waals surface area contributed by atoms with Crippen molar-refractivity contribution in [3.63, 3.8) is 0 Å². The average Bonchev–Trinajstić information content (AvgIpc) is 3.25. The van der Waals surface area contributed by atoms with Gasteiger partial charge in [0.2, 0.25) is 0 Å². The normalized spacial score (nSPS) is 13.2. The van der Waals surface area contributed by atoms with E-state index in [4.69, 9.17) is 0 Å². The van der Waals surface area contributed by atoms with E-state index >= 15 is 0 Å². The Morgan fingerprint density at radius 1 is 1.17 bits per heavy atom. The second kappa shape index (κ2) is 5.60. The van der Waals surface area contributed by atoms with Gasteiger partial charge in [0.25, 0.3) is 5.91 Å². The van der Waals surface area contributed by atoms with Gasteiger partial charge < -0.3 is 10.6 Å². The summed E-state index contributed by atoms with van der Waals surface area (Å²) >= 11 is 0. The molecule has 0 atom stereocenters. The van der Waals surface area contributed by atoms with Crippen LogP contribution in [0.25, 0.3) is 11.1 Å². The number of fused-ring (bicyclic) bond motifs is 1. The lowest BCUT2D eigenvalue weighted by atomic mass is 10.1. The Morgan fingerprint density at radius 2 is 2.04 bits per heavy atom. The molecule has 0 fully saturated rings. The molecule has 4 rings (SSSR count). The predicted molar refractivity (Wildman–Crippen MR) is 87.3 cm³/mol. The van der Waals surface area contributed by atoms with Gasteiger partial charge in [0, 0.05) is 30.5 Å². The molecule has 3 aromatic rings. The Kier molecular flexibility index (Phi) is 3.30. The Hall–Kier alpha value is -3.09. The topological polar surface area (TPSA) is 87.6 Å². The number of H-pyrrole nitrogens is 1. The fourth-order valence-electron chi connectivity index (χ4n) is 2.70. The number of benzene rings is 1. The number of anilines is 2. The molecule has 1 amide bonds. The van der Waals surface area contributed by atoms with Gasteiger partial charge in [0.05, 0.1) is 12.4 Å². The summed E-state index contributed by atoms with van der Waals surface area (Å²) in [6, 6.07) is 7.66. The minimum atomic E-state index is -0.156. The Morgan fingerprint density at radius 3 is 2.83 bits per heavy atom. The number of aromatic amines is 1. The largest absolute Gasteiger partial charge is 0.370 e. The number of amides is 1. The fourth-order valence-corrected chi connectivity index (χ4v) is 2.70. The Balaban J connectivity index is 1.51. The number of hydrogen-bond donors (Lipinski definition) is 3. The van der Waals surface area contributed by atoms with E-state index in [-0.39, 0.29) is 5.91 Å². The number of hydrogen-bond acceptors (Lipinski definition) is 4. The molecule has 23 heavy (non-hydrogen) atoms. The van der Waals surface area contributed by atoms with Gasteiger partial charge in [-0.3, -0.25) is 9.89 Å². The van der Waals surface area contributed by atoms with Crippen molar-refractivity contribution < 1.29 is 4.79 Å². The van der Waals surface area contributed by atoms with E-state index < -0.39 is 0 Å². The molecule has 1 aromatic carbocycles. The second-order valence-electron chi connectivity index (χ2n) is 5.43. The van der Waals surface area contributed by atoms with Crippen LogP contribution in [0.3, 0.4) is 0 Å². The van der Waals surface area contributed by atoms with Gasteiger partial charge in [-0.05, 0) is 24.1 Å². The standard InChI is InChI=1S/C16H16N6O/c23-16(14-10-20-22-7-1-6-17-15(14)22)21-13-4-2-11(3-5-13)12-8-18-19-9-12/h2-5,8-10,17H,1,6-7H2,(H,18,19)(H,21,23). The number of rotatable bonds is 3. The zero-order chi connectivity index (χ0) is 15.6. The Bertz CT molecular complexity index is 819. The molecule has 0 radical (unpaired) electrons. The molecular formula is C16H16N6O. The lowest BCUT2D eigenvalue weighted by Gasteiger charge is -2.16.